The normalized spacial score (nSPS) is 13.2. The molecule has 1 aromatic heterocycles. The number of allylic oxidation sites excluding steroid dienone is 2. The van der Waals surface area contributed by atoms with Gasteiger partial charge in [0.1, 0.15) is 15.9 Å². The maximum absolute atomic E-state index is 12.5. The zero-order valence-electron chi connectivity index (χ0n) is 17.3. The van der Waals surface area contributed by atoms with Crippen molar-refractivity contribution in [3.8, 4) is 11.3 Å². The van der Waals surface area contributed by atoms with Gasteiger partial charge in [-0.3, -0.25) is 4.99 Å². The molecule has 162 valence electrons. The number of hydrogen-bond donors (Lipinski definition) is 4. The van der Waals surface area contributed by atoms with Crippen molar-refractivity contribution in [2.45, 2.75) is 20.8 Å². The molecule has 0 unspecified atom stereocenters. The highest BCUT2D eigenvalue weighted by Gasteiger charge is 2.23. The van der Waals surface area contributed by atoms with Gasteiger partial charge in [0.25, 0.3) is 0 Å². The molecule has 0 aliphatic heterocycles. The van der Waals surface area contributed by atoms with Gasteiger partial charge in [0.15, 0.2) is 0 Å². The Balaban J connectivity index is 2.11. The number of aryl methyl sites for hydroxylation is 1. The fourth-order valence-electron chi connectivity index (χ4n) is 2.76. The van der Waals surface area contributed by atoms with E-state index in [0.29, 0.717) is 11.5 Å². The maximum Gasteiger partial charge on any atom is 0.245 e. The lowest BCUT2D eigenvalue weighted by Crippen LogP contribution is -2.32. The lowest BCUT2D eigenvalue weighted by atomic mass is 10.0. The number of nitrogen functional groups attached to an aromatic ring is 1. The molecule has 0 radical (unpaired) electrons. The summed E-state index contributed by atoms with van der Waals surface area (Å²) < 4.78 is 27.4. The number of nitrogens with two attached hydrogens (primary N) is 2. The zero-order chi connectivity index (χ0) is 22.5. The molecule has 1 heterocycles. The topological polar surface area (TPSA) is 148 Å². The fourth-order valence-corrected chi connectivity index (χ4v) is 4.46. The maximum atomic E-state index is 12.5. The molecule has 0 saturated heterocycles. The van der Waals surface area contributed by atoms with E-state index in [4.69, 9.17) is 23.1 Å². The van der Waals surface area contributed by atoms with E-state index >= 15 is 0 Å². The van der Waals surface area contributed by atoms with Crippen molar-refractivity contribution in [2.75, 3.05) is 31.2 Å². The number of nitrogens with one attached hydrogen (secondary N) is 2. The number of halogens is 1. The van der Waals surface area contributed by atoms with Crippen LogP contribution >= 0.6 is 11.6 Å². The van der Waals surface area contributed by atoms with E-state index in [1.807, 2.05) is 32.0 Å². The second-order valence-corrected chi connectivity index (χ2v) is 8.66. The summed E-state index contributed by atoms with van der Waals surface area (Å²) in [5.41, 5.74) is 15.4. The Hall–Kier alpha value is -2.69. The monoisotopic (exact) mass is 451 g/mol. The molecule has 9 nitrogen and oxygen atoms in total. The predicted octanol–water partition coefficient (Wildman–Crippen LogP) is 2.13. The number of benzene rings is 1. The molecule has 11 heteroatoms. The van der Waals surface area contributed by atoms with Crippen molar-refractivity contribution in [1.82, 2.24) is 14.7 Å². The number of anilines is 2. The van der Waals surface area contributed by atoms with E-state index < -0.39 is 10.0 Å². The van der Waals surface area contributed by atoms with Crippen LogP contribution in [0.2, 0.25) is 0 Å². The summed E-state index contributed by atoms with van der Waals surface area (Å²) >= 11 is 5.88. The van der Waals surface area contributed by atoms with Gasteiger partial charge in [0, 0.05) is 37.5 Å². The molecule has 1 aromatic carbocycles. The van der Waals surface area contributed by atoms with Crippen molar-refractivity contribution in [1.29, 1.82) is 0 Å². The fraction of sp³-hybridized carbons (Fsp3) is 0.316. The summed E-state index contributed by atoms with van der Waals surface area (Å²) in [6.07, 6.45) is 0. The SMILES string of the molecule is CN=C(Cl)C(=C(C)N)S(=O)(=O)NCCNc1cc(-c2cccc(C)c2C)nc(N)n1. The van der Waals surface area contributed by atoms with Crippen LogP contribution < -0.4 is 21.5 Å². The first-order chi connectivity index (χ1) is 14.1. The van der Waals surface area contributed by atoms with Crippen molar-refractivity contribution in [2.24, 2.45) is 10.7 Å². The van der Waals surface area contributed by atoms with E-state index in [9.17, 15) is 8.42 Å². The van der Waals surface area contributed by atoms with Gasteiger partial charge in [0.2, 0.25) is 16.0 Å². The van der Waals surface area contributed by atoms with Crippen LogP contribution in [0, 0.1) is 13.8 Å². The van der Waals surface area contributed by atoms with Crippen molar-refractivity contribution in [3.63, 3.8) is 0 Å². The van der Waals surface area contributed by atoms with Gasteiger partial charge >= 0.3 is 0 Å². The predicted molar refractivity (Wildman–Crippen MR) is 123 cm³/mol. The molecule has 0 aliphatic rings. The lowest BCUT2D eigenvalue weighted by molar-refractivity contribution is 0.590. The first kappa shape index (κ1) is 23.6. The molecule has 0 bridgehead atoms. The van der Waals surface area contributed by atoms with Gasteiger partial charge in [-0.2, -0.15) is 4.98 Å². The Kier molecular flexibility index (Phi) is 7.77. The Morgan fingerprint density at radius 3 is 2.57 bits per heavy atom. The van der Waals surface area contributed by atoms with E-state index in [-0.39, 0.29) is 34.8 Å². The number of sulfonamides is 1. The average molecular weight is 452 g/mol. The molecule has 0 fully saturated rings. The summed E-state index contributed by atoms with van der Waals surface area (Å²) in [7, 11) is -2.53. The molecule has 2 rings (SSSR count). The molecule has 6 N–H and O–H groups in total. The van der Waals surface area contributed by atoms with Gasteiger partial charge in [0.05, 0.1) is 5.69 Å². The van der Waals surface area contributed by atoms with E-state index in [0.717, 1.165) is 16.7 Å². The molecule has 30 heavy (non-hydrogen) atoms. The van der Waals surface area contributed by atoms with Crippen LogP contribution in [0.25, 0.3) is 11.3 Å². The van der Waals surface area contributed by atoms with Gasteiger partial charge in [-0.1, -0.05) is 29.8 Å². The van der Waals surface area contributed by atoms with Crippen molar-refractivity contribution < 1.29 is 8.42 Å². The molecule has 0 amide bonds. The van der Waals surface area contributed by atoms with Crippen molar-refractivity contribution in [3.05, 3.63) is 46.0 Å². The van der Waals surface area contributed by atoms with E-state index in [2.05, 4.69) is 25.0 Å². The number of rotatable bonds is 8. The molecule has 0 saturated carbocycles. The van der Waals surface area contributed by atoms with Gasteiger partial charge < -0.3 is 16.8 Å². The largest absolute Gasteiger partial charge is 0.401 e. The van der Waals surface area contributed by atoms with Crippen LogP contribution in [0.1, 0.15) is 18.1 Å². The van der Waals surface area contributed by atoms with Crippen molar-refractivity contribution >= 4 is 38.6 Å². The average Bonchev–Trinajstić information content (AvgIpc) is 2.66. The van der Waals surface area contributed by atoms with Crippen LogP contribution in [-0.2, 0) is 10.0 Å². The second-order valence-electron chi connectivity index (χ2n) is 6.60. The third-order valence-electron chi connectivity index (χ3n) is 4.36. The number of hydrogen-bond acceptors (Lipinski definition) is 8. The standard InChI is InChI=1S/C19H26ClN7O2S/c1-11-6-5-7-14(12(11)2)15-10-16(27-19(22)26-15)24-8-9-25-30(28,29)17(13(3)21)18(20)23-4/h5-7,10,25H,8-9,21H2,1-4H3,(H3,22,24,26,27). The van der Waals surface area contributed by atoms with E-state index in [1.54, 1.807) is 6.07 Å². The first-order valence-electron chi connectivity index (χ1n) is 9.10. The number of aromatic nitrogens is 2. The molecular weight excluding hydrogens is 426 g/mol. The zero-order valence-corrected chi connectivity index (χ0v) is 18.9. The Morgan fingerprint density at radius 2 is 1.93 bits per heavy atom. The molecule has 0 spiro atoms. The third kappa shape index (κ3) is 5.68. The highest BCUT2D eigenvalue weighted by molar-refractivity contribution is 7.94. The van der Waals surface area contributed by atoms with Crippen LogP contribution in [0.5, 0.6) is 0 Å². The highest BCUT2D eigenvalue weighted by atomic mass is 35.5. The Labute approximate surface area is 181 Å². The Bertz CT molecular complexity index is 1090. The minimum absolute atomic E-state index is 0.0489. The second kappa shape index (κ2) is 9.88. The summed E-state index contributed by atoms with van der Waals surface area (Å²) in [6.45, 7) is 5.80. The summed E-state index contributed by atoms with van der Waals surface area (Å²) in [4.78, 5) is 11.9. The number of aliphatic imine (C=N–C) groups is 1. The third-order valence-corrected chi connectivity index (χ3v) is 6.46. The molecular formula is C19H26ClN7O2S. The quantitative estimate of drug-likeness (QED) is 0.354. The van der Waals surface area contributed by atoms with Crippen LogP contribution in [-0.4, -0.2) is 43.7 Å². The van der Waals surface area contributed by atoms with Gasteiger partial charge in [-0.05, 0) is 31.9 Å². The van der Waals surface area contributed by atoms with Crippen LogP contribution in [0.15, 0.2) is 39.9 Å². The summed E-state index contributed by atoms with van der Waals surface area (Å²) in [6, 6.07) is 7.70. The summed E-state index contributed by atoms with van der Waals surface area (Å²) in [5.74, 6) is 0.600. The van der Waals surface area contributed by atoms with E-state index in [1.165, 1.54) is 14.0 Å². The minimum atomic E-state index is -3.91. The summed E-state index contributed by atoms with van der Waals surface area (Å²) in [5, 5.41) is 2.86. The number of nitrogens with zero attached hydrogens (tertiary/aromatic N) is 3. The first-order valence-corrected chi connectivity index (χ1v) is 11.0. The highest BCUT2D eigenvalue weighted by Crippen LogP contribution is 2.26. The van der Waals surface area contributed by atoms with Gasteiger partial charge in [-0.15, -0.1) is 0 Å². The lowest BCUT2D eigenvalue weighted by Gasteiger charge is -2.13. The molecule has 2 aromatic rings. The Morgan fingerprint density at radius 1 is 1.23 bits per heavy atom. The molecule has 0 atom stereocenters. The van der Waals surface area contributed by atoms with Crippen LogP contribution in [0.3, 0.4) is 0 Å². The van der Waals surface area contributed by atoms with Crippen LogP contribution in [0.4, 0.5) is 11.8 Å². The smallest absolute Gasteiger partial charge is 0.245 e. The van der Waals surface area contributed by atoms with Gasteiger partial charge in [-0.25, -0.2) is 18.1 Å². The minimum Gasteiger partial charge on any atom is -0.401 e. The molecule has 0 aliphatic carbocycles.